The maximum absolute atomic E-state index is 12.0. The molecule has 0 unspecified atom stereocenters. The first-order valence-corrected chi connectivity index (χ1v) is 6.86. The van der Waals surface area contributed by atoms with E-state index in [4.69, 9.17) is 0 Å². The van der Waals surface area contributed by atoms with Crippen LogP contribution in [0.25, 0.3) is 10.9 Å². The lowest BCUT2D eigenvalue weighted by atomic mass is 10.2. The summed E-state index contributed by atoms with van der Waals surface area (Å²) in [4.78, 5) is 26.7. The van der Waals surface area contributed by atoms with Crippen molar-refractivity contribution in [3.05, 3.63) is 63.5 Å². The molecule has 6 nitrogen and oxygen atoms in total. The van der Waals surface area contributed by atoms with Gasteiger partial charge in [0.15, 0.2) is 0 Å². The normalized spacial score (nSPS) is 10.5. The molecule has 0 bridgehead atoms. The third-order valence-corrected chi connectivity index (χ3v) is 3.87. The molecular weight excluding hydrogens is 290 g/mol. The molecule has 0 saturated carbocycles. The number of hydrogen-bond acceptors (Lipinski definition) is 5. The summed E-state index contributed by atoms with van der Waals surface area (Å²) in [5, 5.41) is 14.2. The van der Waals surface area contributed by atoms with Crippen LogP contribution >= 0.6 is 11.3 Å². The number of aromatic nitrogens is 1. The number of fused-ring (bicyclic) bond motifs is 1. The predicted octanol–water partition coefficient (Wildman–Crippen LogP) is 3.46. The molecule has 1 N–H and O–H groups in total. The minimum atomic E-state index is -0.518. The molecule has 21 heavy (non-hydrogen) atoms. The number of rotatable bonds is 3. The van der Waals surface area contributed by atoms with E-state index in [-0.39, 0.29) is 9.88 Å². The molecule has 0 saturated heterocycles. The average molecular weight is 299 g/mol. The number of nitrogens with one attached hydrogen (secondary N) is 1. The van der Waals surface area contributed by atoms with Gasteiger partial charge in [0.05, 0.1) is 15.3 Å². The molecule has 2 heterocycles. The van der Waals surface area contributed by atoms with Gasteiger partial charge in [-0.25, -0.2) is 4.98 Å². The van der Waals surface area contributed by atoms with Crippen molar-refractivity contribution >= 4 is 39.0 Å². The molecule has 7 heteroatoms. The first kappa shape index (κ1) is 13.2. The third-order valence-electron chi connectivity index (χ3n) is 2.84. The first-order chi connectivity index (χ1) is 10.1. The van der Waals surface area contributed by atoms with Crippen LogP contribution in [0.15, 0.2) is 48.5 Å². The smallest absolute Gasteiger partial charge is 0.306 e. The maximum Gasteiger partial charge on any atom is 0.324 e. The van der Waals surface area contributed by atoms with Crippen molar-refractivity contribution in [3.63, 3.8) is 0 Å². The quantitative estimate of drug-likeness (QED) is 0.593. The Hall–Kier alpha value is -2.80. The Labute approximate surface area is 123 Å². The summed E-state index contributed by atoms with van der Waals surface area (Å²) in [7, 11) is 0. The Morgan fingerprint density at radius 1 is 1.14 bits per heavy atom. The lowest BCUT2D eigenvalue weighted by Crippen LogP contribution is -2.11. The van der Waals surface area contributed by atoms with Gasteiger partial charge in [-0.3, -0.25) is 14.9 Å². The van der Waals surface area contributed by atoms with E-state index in [9.17, 15) is 14.9 Å². The van der Waals surface area contributed by atoms with Gasteiger partial charge in [0.1, 0.15) is 5.82 Å². The van der Waals surface area contributed by atoms with E-state index in [1.807, 2.05) is 30.3 Å². The maximum atomic E-state index is 12.0. The molecule has 3 aromatic rings. The SMILES string of the molecule is O=C(Nc1ccc2ccccc2n1)c1ccc([N+](=O)[O-])s1. The van der Waals surface area contributed by atoms with Gasteiger partial charge in [-0.1, -0.05) is 29.5 Å². The van der Waals surface area contributed by atoms with Crippen LogP contribution in [0, 0.1) is 10.1 Å². The van der Waals surface area contributed by atoms with Crippen LogP contribution in [0.3, 0.4) is 0 Å². The van der Waals surface area contributed by atoms with E-state index >= 15 is 0 Å². The lowest BCUT2D eigenvalue weighted by molar-refractivity contribution is -0.380. The van der Waals surface area contributed by atoms with Crippen molar-refractivity contribution in [2.45, 2.75) is 0 Å². The Balaban J connectivity index is 1.83. The van der Waals surface area contributed by atoms with Crippen LogP contribution in [-0.4, -0.2) is 15.8 Å². The van der Waals surface area contributed by atoms with E-state index < -0.39 is 10.8 Å². The number of benzene rings is 1. The number of amides is 1. The summed E-state index contributed by atoms with van der Waals surface area (Å²) in [5.41, 5.74) is 0.771. The van der Waals surface area contributed by atoms with E-state index in [1.54, 1.807) is 6.07 Å². The summed E-state index contributed by atoms with van der Waals surface area (Å²) >= 11 is 0.833. The van der Waals surface area contributed by atoms with Crippen molar-refractivity contribution in [2.75, 3.05) is 5.32 Å². The van der Waals surface area contributed by atoms with Crippen LogP contribution in [0.4, 0.5) is 10.8 Å². The fourth-order valence-electron chi connectivity index (χ4n) is 1.86. The molecule has 0 aliphatic carbocycles. The fraction of sp³-hybridized carbons (Fsp3) is 0. The van der Waals surface area contributed by atoms with Gasteiger partial charge in [0.25, 0.3) is 5.91 Å². The third kappa shape index (κ3) is 2.72. The zero-order chi connectivity index (χ0) is 14.8. The van der Waals surface area contributed by atoms with Crippen molar-refractivity contribution in [1.82, 2.24) is 4.98 Å². The van der Waals surface area contributed by atoms with E-state index in [1.165, 1.54) is 12.1 Å². The van der Waals surface area contributed by atoms with Gasteiger partial charge in [0, 0.05) is 11.5 Å². The van der Waals surface area contributed by atoms with Gasteiger partial charge >= 0.3 is 5.00 Å². The summed E-state index contributed by atoms with van der Waals surface area (Å²) in [6.07, 6.45) is 0. The summed E-state index contributed by atoms with van der Waals surface area (Å²) in [6.45, 7) is 0. The second-order valence-corrected chi connectivity index (χ2v) is 5.30. The largest absolute Gasteiger partial charge is 0.324 e. The molecule has 0 fully saturated rings. The number of hydrogen-bond donors (Lipinski definition) is 1. The number of nitro groups is 1. The molecule has 0 aliphatic heterocycles. The van der Waals surface area contributed by atoms with Crippen molar-refractivity contribution in [1.29, 1.82) is 0 Å². The highest BCUT2D eigenvalue weighted by molar-refractivity contribution is 7.17. The summed E-state index contributed by atoms with van der Waals surface area (Å²) < 4.78 is 0. The molecule has 0 aliphatic rings. The minimum absolute atomic E-state index is 0.0633. The molecule has 3 rings (SSSR count). The number of thiophene rings is 1. The van der Waals surface area contributed by atoms with E-state index in [0.717, 1.165) is 22.2 Å². The highest BCUT2D eigenvalue weighted by Gasteiger charge is 2.15. The molecule has 1 aromatic carbocycles. The Bertz CT molecular complexity index is 844. The van der Waals surface area contributed by atoms with Gasteiger partial charge in [-0.15, -0.1) is 0 Å². The van der Waals surface area contributed by atoms with Gasteiger partial charge in [0.2, 0.25) is 0 Å². The van der Waals surface area contributed by atoms with Gasteiger partial charge in [-0.2, -0.15) is 0 Å². The molecular formula is C14H9N3O3S. The predicted molar refractivity (Wildman–Crippen MR) is 80.7 cm³/mol. The first-order valence-electron chi connectivity index (χ1n) is 6.05. The van der Waals surface area contributed by atoms with Gasteiger partial charge in [-0.05, 0) is 24.3 Å². The lowest BCUT2D eigenvalue weighted by Gasteiger charge is -2.04. The highest BCUT2D eigenvalue weighted by atomic mass is 32.1. The molecule has 2 aromatic heterocycles. The van der Waals surface area contributed by atoms with Crippen LogP contribution in [0.1, 0.15) is 9.67 Å². The van der Waals surface area contributed by atoms with Crippen LogP contribution < -0.4 is 5.32 Å². The Kier molecular flexibility index (Phi) is 3.33. The molecule has 104 valence electrons. The number of carbonyl (C=O) groups excluding carboxylic acids is 1. The minimum Gasteiger partial charge on any atom is -0.306 e. The molecule has 0 spiro atoms. The summed E-state index contributed by atoms with van der Waals surface area (Å²) in [5.74, 6) is 0.00522. The Morgan fingerprint density at radius 3 is 2.71 bits per heavy atom. The Morgan fingerprint density at radius 2 is 1.95 bits per heavy atom. The number of carbonyl (C=O) groups is 1. The van der Waals surface area contributed by atoms with Gasteiger partial charge < -0.3 is 5.32 Å². The average Bonchev–Trinajstić information content (AvgIpc) is 2.97. The topological polar surface area (TPSA) is 85.1 Å². The van der Waals surface area contributed by atoms with Crippen molar-refractivity contribution in [2.24, 2.45) is 0 Å². The van der Waals surface area contributed by atoms with Crippen LogP contribution in [-0.2, 0) is 0 Å². The standard InChI is InChI=1S/C14H9N3O3S/c18-14(11-6-8-13(21-11)17(19)20)16-12-7-5-9-3-1-2-4-10(9)15-12/h1-8H,(H,15,16,18). The van der Waals surface area contributed by atoms with E-state index in [0.29, 0.717) is 5.82 Å². The molecule has 0 atom stereocenters. The van der Waals surface area contributed by atoms with E-state index in [2.05, 4.69) is 10.3 Å². The highest BCUT2D eigenvalue weighted by Crippen LogP contribution is 2.24. The second kappa shape index (κ2) is 5.29. The summed E-state index contributed by atoms with van der Waals surface area (Å²) in [6, 6.07) is 13.8. The molecule has 1 amide bonds. The molecule has 0 radical (unpaired) electrons. The van der Waals surface area contributed by atoms with Crippen LogP contribution in [0.2, 0.25) is 0 Å². The second-order valence-electron chi connectivity index (χ2n) is 4.24. The fourth-order valence-corrected chi connectivity index (χ4v) is 2.58. The van der Waals surface area contributed by atoms with Crippen molar-refractivity contribution < 1.29 is 9.72 Å². The monoisotopic (exact) mass is 299 g/mol. The zero-order valence-corrected chi connectivity index (χ0v) is 11.5. The number of nitrogens with zero attached hydrogens (tertiary/aromatic N) is 2. The number of para-hydroxylation sites is 1. The van der Waals surface area contributed by atoms with Crippen molar-refractivity contribution in [3.8, 4) is 0 Å². The zero-order valence-electron chi connectivity index (χ0n) is 10.6. The number of pyridine rings is 1. The van der Waals surface area contributed by atoms with Crippen LogP contribution in [0.5, 0.6) is 0 Å². The number of anilines is 1.